The van der Waals surface area contributed by atoms with E-state index in [1.165, 1.54) is 5.56 Å². The zero-order valence-electron chi connectivity index (χ0n) is 26.4. The number of ether oxygens (including phenoxy) is 3. The number of nitrogens with two attached hydrogens (primary N) is 1. The molecular weight excluding hydrogens is 520 g/mol. The Morgan fingerprint density at radius 1 is 1.00 bits per heavy atom. The minimum absolute atomic E-state index is 0.0723. The summed E-state index contributed by atoms with van der Waals surface area (Å²) < 4.78 is 16.6. The molecule has 0 heterocycles. The van der Waals surface area contributed by atoms with E-state index in [0.29, 0.717) is 43.6 Å². The lowest BCUT2D eigenvalue weighted by atomic mass is 9.73. The molecule has 8 nitrogen and oxygen atoms in total. The lowest BCUT2D eigenvalue weighted by Gasteiger charge is -2.35. The highest BCUT2D eigenvalue weighted by atomic mass is 16.5. The second-order valence-electron chi connectivity index (χ2n) is 12.6. The van der Waals surface area contributed by atoms with Crippen molar-refractivity contribution in [1.29, 1.82) is 0 Å². The quantitative estimate of drug-likeness (QED) is 0.193. The van der Waals surface area contributed by atoms with Gasteiger partial charge in [-0.25, -0.2) is 0 Å². The molecule has 0 aliphatic heterocycles. The topological polar surface area (TPSA) is 120 Å². The van der Waals surface area contributed by atoms with Crippen LogP contribution in [-0.2, 0) is 20.7 Å². The van der Waals surface area contributed by atoms with Crippen LogP contribution in [0, 0.1) is 29.1 Å². The smallest absolute Gasteiger partial charge is 0.225 e. The monoisotopic (exact) mass is 576 g/mol. The molecule has 2 rings (SSSR count). The number of aliphatic hydroxyl groups excluding tert-OH is 1. The van der Waals surface area contributed by atoms with E-state index in [0.717, 1.165) is 57.1 Å². The highest BCUT2D eigenvalue weighted by Crippen LogP contribution is 2.36. The molecule has 1 aromatic carbocycles. The van der Waals surface area contributed by atoms with E-state index < -0.39 is 11.5 Å². The molecule has 2 unspecified atom stereocenters. The first-order valence-electron chi connectivity index (χ1n) is 15.6. The Labute approximate surface area is 248 Å². The van der Waals surface area contributed by atoms with Gasteiger partial charge >= 0.3 is 0 Å². The van der Waals surface area contributed by atoms with E-state index in [2.05, 4.69) is 31.3 Å². The molecule has 2 amide bonds. The zero-order chi connectivity index (χ0) is 30.4. The van der Waals surface area contributed by atoms with Crippen molar-refractivity contribution in [2.24, 2.45) is 34.8 Å². The second-order valence-corrected chi connectivity index (χ2v) is 12.6. The first-order valence-corrected chi connectivity index (χ1v) is 15.6. The first-order chi connectivity index (χ1) is 19.5. The van der Waals surface area contributed by atoms with E-state index in [-0.39, 0.29) is 30.2 Å². The number of carbonyl (C=O) groups excluding carboxylic acids is 2. The molecule has 1 aliphatic rings. The number of methoxy groups -OCH3 is 2. The number of benzene rings is 1. The van der Waals surface area contributed by atoms with Crippen LogP contribution < -0.4 is 20.5 Å². The van der Waals surface area contributed by atoms with Crippen molar-refractivity contribution in [1.82, 2.24) is 5.32 Å². The number of hydrogen-bond acceptors (Lipinski definition) is 6. The van der Waals surface area contributed by atoms with Crippen molar-refractivity contribution in [2.45, 2.75) is 98.0 Å². The van der Waals surface area contributed by atoms with Gasteiger partial charge in [0.2, 0.25) is 11.8 Å². The number of amides is 2. The molecule has 1 fully saturated rings. The number of hydrogen-bond donors (Lipinski definition) is 3. The number of aliphatic hydroxyl groups is 1. The molecule has 0 bridgehead atoms. The molecule has 4 N–H and O–H groups in total. The predicted octanol–water partition coefficient (Wildman–Crippen LogP) is 5.28. The maximum Gasteiger partial charge on any atom is 0.225 e. The summed E-state index contributed by atoms with van der Waals surface area (Å²) in [7, 11) is 3.33. The van der Waals surface area contributed by atoms with Gasteiger partial charge in [-0.15, -0.1) is 0 Å². The fourth-order valence-electron chi connectivity index (χ4n) is 5.95. The fraction of sp³-hybridized carbons (Fsp3) is 0.758. The zero-order valence-corrected chi connectivity index (χ0v) is 26.4. The Balaban J connectivity index is 1.96. The molecule has 0 spiro atoms. The van der Waals surface area contributed by atoms with Crippen molar-refractivity contribution in [3.8, 4) is 11.5 Å². The first kappa shape index (κ1) is 34.9. The van der Waals surface area contributed by atoms with E-state index in [1.807, 2.05) is 19.9 Å². The SMILES string of the molecule is COCCCOc1cc(CC(CC[C@@H](O)CC(C(=O)NCC2(C(N)=O)CCCCC2)C(C)C)C(C)C)ccc1OC. The van der Waals surface area contributed by atoms with Gasteiger partial charge in [-0.05, 0) is 74.0 Å². The van der Waals surface area contributed by atoms with Gasteiger partial charge in [0.1, 0.15) is 0 Å². The largest absolute Gasteiger partial charge is 0.493 e. The second kappa shape index (κ2) is 17.6. The molecule has 234 valence electrons. The standard InChI is InChI=1S/C33H56N2O6/c1-23(2)26(19-25-11-14-29(40-6)30(20-25)41-18-10-17-39-5)12-13-27(36)21-28(24(3)4)31(37)35-22-33(32(34)38)15-8-7-9-16-33/h11,14,20,23-24,26-28,36H,7-10,12-13,15-19,21-22H2,1-6H3,(H2,34,38)(H,35,37)/t26?,27-,28?/m1/s1. The Kier molecular flexibility index (Phi) is 15.0. The van der Waals surface area contributed by atoms with Crippen LogP contribution in [0.5, 0.6) is 11.5 Å². The summed E-state index contributed by atoms with van der Waals surface area (Å²) in [6.45, 7) is 9.94. The van der Waals surface area contributed by atoms with E-state index >= 15 is 0 Å². The van der Waals surface area contributed by atoms with Crippen molar-refractivity contribution < 1.29 is 28.9 Å². The molecule has 1 aliphatic carbocycles. The third-order valence-electron chi connectivity index (χ3n) is 8.89. The van der Waals surface area contributed by atoms with Crippen molar-refractivity contribution in [3.63, 3.8) is 0 Å². The van der Waals surface area contributed by atoms with Crippen LogP contribution >= 0.6 is 0 Å². The van der Waals surface area contributed by atoms with Gasteiger partial charge in [-0.3, -0.25) is 9.59 Å². The maximum absolute atomic E-state index is 13.2. The highest BCUT2D eigenvalue weighted by molar-refractivity contribution is 5.83. The molecule has 0 radical (unpaired) electrons. The lowest BCUT2D eigenvalue weighted by molar-refractivity contribution is -0.132. The molecule has 1 saturated carbocycles. The Bertz CT molecular complexity index is 928. The molecule has 3 atom stereocenters. The highest BCUT2D eigenvalue weighted by Gasteiger charge is 2.39. The van der Waals surface area contributed by atoms with Gasteiger partial charge in [-0.2, -0.15) is 0 Å². The minimum atomic E-state index is -0.644. The third-order valence-corrected chi connectivity index (χ3v) is 8.89. The van der Waals surface area contributed by atoms with Crippen LogP contribution in [-0.4, -0.2) is 57.0 Å². The number of nitrogens with one attached hydrogen (secondary N) is 1. The fourth-order valence-corrected chi connectivity index (χ4v) is 5.95. The summed E-state index contributed by atoms with van der Waals surface area (Å²) in [6.07, 6.45) is 7.45. The Morgan fingerprint density at radius 2 is 1.71 bits per heavy atom. The Hall–Kier alpha value is -2.32. The van der Waals surface area contributed by atoms with Gasteiger partial charge in [0.15, 0.2) is 11.5 Å². The van der Waals surface area contributed by atoms with Crippen LogP contribution in [0.15, 0.2) is 18.2 Å². The lowest BCUT2D eigenvalue weighted by Crippen LogP contribution is -2.49. The summed E-state index contributed by atoms with van der Waals surface area (Å²) in [4.78, 5) is 25.4. The van der Waals surface area contributed by atoms with Gasteiger partial charge in [0.05, 0.1) is 25.2 Å². The van der Waals surface area contributed by atoms with Gasteiger partial charge in [-0.1, -0.05) is 53.0 Å². The molecular formula is C33H56N2O6. The molecule has 0 aromatic heterocycles. The summed E-state index contributed by atoms with van der Waals surface area (Å²) in [5, 5.41) is 14.1. The molecule has 8 heteroatoms. The maximum atomic E-state index is 13.2. The molecule has 1 aromatic rings. The van der Waals surface area contributed by atoms with Crippen molar-refractivity contribution in [3.05, 3.63) is 23.8 Å². The normalized spacial score (nSPS) is 17.2. The summed E-state index contributed by atoms with van der Waals surface area (Å²) in [5.74, 6) is 1.58. The van der Waals surface area contributed by atoms with Crippen LogP contribution in [0.3, 0.4) is 0 Å². The van der Waals surface area contributed by atoms with Crippen LogP contribution in [0.2, 0.25) is 0 Å². The van der Waals surface area contributed by atoms with Crippen molar-refractivity contribution in [2.75, 3.05) is 34.0 Å². The average Bonchev–Trinajstić information content (AvgIpc) is 2.95. The third kappa shape index (κ3) is 11.1. The van der Waals surface area contributed by atoms with E-state index in [1.54, 1.807) is 14.2 Å². The average molecular weight is 577 g/mol. The Morgan fingerprint density at radius 3 is 2.29 bits per heavy atom. The summed E-state index contributed by atoms with van der Waals surface area (Å²) >= 11 is 0. The van der Waals surface area contributed by atoms with Gasteiger partial charge < -0.3 is 30.4 Å². The van der Waals surface area contributed by atoms with Crippen LogP contribution in [0.4, 0.5) is 0 Å². The van der Waals surface area contributed by atoms with Gasteiger partial charge in [0, 0.05) is 32.6 Å². The number of rotatable bonds is 19. The van der Waals surface area contributed by atoms with Crippen molar-refractivity contribution >= 4 is 11.8 Å². The van der Waals surface area contributed by atoms with Gasteiger partial charge in [0.25, 0.3) is 0 Å². The number of primary amides is 1. The molecule has 0 saturated heterocycles. The van der Waals surface area contributed by atoms with E-state index in [9.17, 15) is 14.7 Å². The number of carbonyl (C=O) groups is 2. The predicted molar refractivity (Wildman–Crippen MR) is 163 cm³/mol. The summed E-state index contributed by atoms with van der Waals surface area (Å²) in [5.41, 5.74) is 6.29. The van der Waals surface area contributed by atoms with Crippen LogP contribution in [0.25, 0.3) is 0 Å². The van der Waals surface area contributed by atoms with Crippen LogP contribution in [0.1, 0.15) is 91.0 Å². The van der Waals surface area contributed by atoms with E-state index in [4.69, 9.17) is 19.9 Å². The molecule has 41 heavy (non-hydrogen) atoms. The minimum Gasteiger partial charge on any atom is -0.493 e. The summed E-state index contributed by atoms with van der Waals surface area (Å²) in [6, 6.07) is 6.09.